The highest BCUT2D eigenvalue weighted by molar-refractivity contribution is 5.90. The Labute approximate surface area is 60.3 Å². The molecule has 2 atom stereocenters. The summed E-state index contributed by atoms with van der Waals surface area (Å²) in [7, 11) is 1.54. The van der Waals surface area contributed by atoms with Crippen LogP contribution in [0.3, 0.4) is 0 Å². The molecular formula is C7H12O3. The zero-order valence-corrected chi connectivity index (χ0v) is 6.29. The van der Waals surface area contributed by atoms with Gasteiger partial charge >= 0.3 is 0 Å². The van der Waals surface area contributed by atoms with Crippen LogP contribution in [0.1, 0.15) is 13.3 Å². The molecule has 3 heteroatoms. The standard InChI is InChI=1S/C7H12O3/c1-3-10-6-4-5(8)7(6)9-2/h6-7H,3-4H2,1-2H3/t6-,7+/m1/s1. The van der Waals surface area contributed by atoms with E-state index in [0.29, 0.717) is 13.0 Å². The van der Waals surface area contributed by atoms with Crippen LogP contribution in [0.15, 0.2) is 0 Å². The second kappa shape index (κ2) is 3.12. The van der Waals surface area contributed by atoms with Crippen molar-refractivity contribution in [3.63, 3.8) is 0 Å². The first-order valence-electron chi connectivity index (χ1n) is 3.46. The van der Waals surface area contributed by atoms with Gasteiger partial charge in [-0.15, -0.1) is 0 Å². The van der Waals surface area contributed by atoms with E-state index in [0.717, 1.165) is 0 Å². The summed E-state index contributed by atoms with van der Waals surface area (Å²) in [5, 5.41) is 0. The normalized spacial score (nSPS) is 32.0. The van der Waals surface area contributed by atoms with Crippen LogP contribution in [0.5, 0.6) is 0 Å². The molecule has 0 spiro atoms. The number of carbonyl (C=O) groups is 1. The van der Waals surface area contributed by atoms with Crippen LogP contribution in [0.4, 0.5) is 0 Å². The Morgan fingerprint density at radius 3 is 2.80 bits per heavy atom. The van der Waals surface area contributed by atoms with Crippen LogP contribution in [-0.4, -0.2) is 31.7 Å². The average molecular weight is 144 g/mol. The van der Waals surface area contributed by atoms with Crippen LogP contribution in [0.2, 0.25) is 0 Å². The minimum atomic E-state index is -0.292. The van der Waals surface area contributed by atoms with E-state index in [4.69, 9.17) is 9.47 Å². The largest absolute Gasteiger partial charge is 0.375 e. The van der Waals surface area contributed by atoms with E-state index in [1.54, 1.807) is 0 Å². The summed E-state index contributed by atoms with van der Waals surface area (Å²) in [6.45, 7) is 2.56. The highest BCUT2D eigenvalue weighted by Gasteiger charge is 2.40. The van der Waals surface area contributed by atoms with Crippen molar-refractivity contribution in [3.05, 3.63) is 0 Å². The molecular weight excluding hydrogens is 132 g/mol. The van der Waals surface area contributed by atoms with Crippen LogP contribution < -0.4 is 0 Å². The third-order valence-corrected chi connectivity index (χ3v) is 1.69. The number of rotatable bonds is 3. The molecule has 10 heavy (non-hydrogen) atoms. The molecule has 0 aliphatic heterocycles. The molecule has 0 unspecified atom stereocenters. The molecule has 0 radical (unpaired) electrons. The lowest BCUT2D eigenvalue weighted by Gasteiger charge is -2.32. The third kappa shape index (κ3) is 1.20. The highest BCUT2D eigenvalue weighted by Crippen LogP contribution is 2.21. The molecule has 0 aromatic heterocycles. The van der Waals surface area contributed by atoms with Crippen LogP contribution >= 0.6 is 0 Å². The van der Waals surface area contributed by atoms with Gasteiger partial charge in [-0.05, 0) is 6.92 Å². The van der Waals surface area contributed by atoms with Crippen LogP contribution in [0.25, 0.3) is 0 Å². The molecule has 0 amide bonds. The second-order valence-electron chi connectivity index (χ2n) is 2.32. The fourth-order valence-electron chi connectivity index (χ4n) is 1.11. The smallest absolute Gasteiger partial charge is 0.166 e. The van der Waals surface area contributed by atoms with Crippen molar-refractivity contribution >= 4 is 5.78 Å². The van der Waals surface area contributed by atoms with Crippen molar-refractivity contribution in [1.29, 1.82) is 0 Å². The Kier molecular flexibility index (Phi) is 2.40. The summed E-state index contributed by atoms with van der Waals surface area (Å²) in [6.07, 6.45) is 0.245. The van der Waals surface area contributed by atoms with Crippen LogP contribution in [-0.2, 0) is 14.3 Å². The topological polar surface area (TPSA) is 35.5 Å². The van der Waals surface area contributed by atoms with Gasteiger partial charge in [0.25, 0.3) is 0 Å². The lowest BCUT2D eigenvalue weighted by Crippen LogP contribution is -2.49. The fourth-order valence-corrected chi connectivity index (χ4v) is 1.11. The zero-order chi connectivity index (χ0) is 7.56. The first-order chi connectivity index (χ1) is 4.79. The van der Waals surface area contributed by atoms with E-state index >= 15 is 0 Å². The van der Waals surface area contributed by atoms with Gasteiger partial charge in [-0.2, -0.15) is 0 Å². The fraction of sp³-hybridized carbons (Fsp3) is 0.857. The molecule has 0 N–H and O–H groups in total. The van der Waals surface area contributed by atoms with Crippen molar-refractivity contribution < 1.29 is 14.3 Å². The average Bonchev–Trinajstić information content (AvgIpc) is 1.88. The molecule has 0 saturated heterocycles. The number of hydrogen-bond donors (Lipinski definition) is 0. The number of ketones is 1. The minimum Gasteiger partial charge on any atom is -0.375 e. The molecule has 1 rings (SSSR count). The maximum Gasteiger partial charge on any atom is 0.166 e. The minimum absolute atomic E-state index is 0.0162. The van der Waals surface area contributed by atoms with Gasteiger partial charge < -0.3 is 9.47 Å². The van der Waals surface area contributed by atoms with Crippen molar-refractivity contribution in [2.75, 3.05) is 13.7 Å². The number of methoxy groups -OCH3 is 1. The van der Waals surface area contributed by atoms with Crippen molar-refractivity contribution in [1.82, 2.24) is 0 Å². The van der Waals surface area contributed by atoms with Crippen molar-refractivity contribution in [3.8, 4) is 0 Å². The zero-order valence-electron chi connectivity index (χ0n) is 6.29. The predicted octanol–water partition coefficient (Wildman–Crippen LogP) is 0.379. The number of ether oxygens (including phenoxy) is 2. The predicted molar refractivity (Wildman–Crippen MR) is 35.8 cm³/mol. The van der Waals surface area contributed by atoms with E-state index < -0.39 is 0 Å². The van der Waals surface area contributed by atoms with E-state index in [-0.39, 0.29) is 18.0 Å². The Balaban J connectivity index is 2.30. The number of hydrogen-bond acceptors (Lipinski definition) is 3. The van der Waals surface area contributed by atoms with Gasteiger partial charge in [-0.25, -0.2) is 0 Å². The summed E-state index contributed by atoms with van der Waals surface area (Å²) in [4.78, 5) is 10.7. The molecule has 1 saturated carbocycles. The molecule has 3 nitrogen and oxygen atoms in total. The SMILES string of the molecule is CCO[C@@H]1CC(=O)[C@@H]1OC. The molecule has 1 aliphatic carbocycles. The Bertz CT molecular complexity index is 133. The van der Waals surface area contributed by atoms with Gasteiger partial charge in [0.2, 0.25) is 0 Å². The van der Waals surface area contributed by atoms with Crippen molar-refractivity contribution in [2.45, 2.75) is 25.6 Å². The Hall–Kier alpha value is -0.410. The lowest BCUT2D eigenvalue weighted by molar-refractivity contribution is -0.160. The van der Waals surface area contributed by atoms with Gasteiger partial charge in [0.05, 0.1) is 6.10 Å². The first kappa shape index (κ1) is 7.69. The molecule has 0 heterocycles. The summed E-state index contributed by atoms with van der Waals surface area (Å²) in [5.74, 6) is 0.154. The third-order valence-electron chi connectivity index (χ3n) is 1.69. The lowest BCUT2D eigenvalue weighted by atomic mass is 9.90. The molecule has 0 bridgehead atoms. The van der Waals surface area contributed by atoms with Crippen molar-refractivity contribution in [2.24, 2.45) is 0 Å². The van der Waals surface area contributed by atoms with Gasteiger partial charge in [-0.3, -0.25) is 4.79 Å². The summed E-state index contributed by atoms with van der Waals surface area (Å²) in [6, 6.07) is 0. The summed E-state index contributed by atoms with van der Waals surface area (Å²) >= 11 is 0. The van der Waals surface area contributed by atoms with Crippen LogP contribution in [0, 0.1) is 0 Å². The van der Waals surface area contributed by atoms with E-state index in [1.165, 1.54) is 7.11 Å². The van der Waals surface area contributed by atoms with E-state index in [1.807, 2.05) is 6.92 Å². The summed E-state index contributed by atoms with van der Waals surface area (Å²) in [5.41, 5.74) is 0. The monoisotopic (exact) mass is 144 g/mol. The van der Waals surface area contributed by atoms with Gasteiger partial charge in [0.1, 0.15) is 6.10 Å². The van der Waals surface area contributed by atoms with E-state index in [9.17, 15) is 4.79 Å². The Morgan fingerprint density at radius 2 is 2.40 bits per heavy atom. The van der Waals surface area contributed by atoms with E-state index in [2.05, 4.69) is 0 Å². The quantitative estimate of drug-likeness (QED) is 0.574. The maximum atomic E-state index is 10.7. The summed E-state index contributed by atoms with van der Waals surface area (Å²) < 4.78 is 10.1. The van der Waals surface area contributed by atoms with Gasteiger partial charge in [0.15, 0.2) is 5.78 Å². The number of carbonyl (C=O) groups excluding carboxylic acids is 1. The van der Waals surface area contributed by atoms with Gasteiger partial charge in [-0.1, -0.05) is 0 Å². The molecule has 0 aromatic carbocycles. The van der Waals surface area contributed by atoms with Gasteiger partial charge in [0, 0.05) is 20.1 Å². The molecule has 58 valence electrons. The maximum absolute atomic E-state index is 10.7. The highest BCUT2D eigenvalue weighted by atomic mass is 16.5. The number of Topliss-reactive ketones (excluding diaryl/α,β-unsaturated/α-hetero) is 1. The first-order valence-corrected chi connectivity index (χ1v) is 3.46. The molecule has 0 aromatic rings. The molecule has 1 fully saturated rings. The Morgan fingerprint density at radius 1 is 1.70 bits per heavy atom. The second-order valence-corrected chi connectivity index (χ2v) is 2.32. The molecule has 1 aliphatic rings.